The van der Waals surface area contributed by atoms with E-state index in [1.165, 1.54) is 16.7 Å². The fourth-order valence-corrected chi connectivity index (χ4v) is 3.88. The molecule has 0 aliphatic rings. The van der Waals surface area contributed by atoms with Crippen LogP contribution in [0.4, 0.5) is 0 Å². The van der Waals surface area contributed by atoms with Gasteiger partial charge in [-0.3, -0.25) is 0 Å². The molecular weight excluding hydrogens is 348 g/mol. The summed E-state index contributed by atoms with van der Waals surface area (Å²) in [6.07, 6.45) is 1.45. The highest BCUT2D eigenvalue weighted by Crippen LogP contribution is 2.21. The van der Waals surface area contributed by atoms with Crippen LogP contribution in [-0.2, 0) is 20.0 Å². The van der Waals surface area contributed by atoms with Gasteiger partial charge < -0.3 is 9.84 Å². The first-order chi connectivity index (χ1) is 13.7. The van der Waals surface area contributed by atoms with E-state index >= 15 is 0 Å². The van der Waals surface area contributed by atoms with Crippen LogP contribution in [0.25, 0.3) is 21.8 Å². The van der Waals surface area contributed by atoms with Crippen LogP contribution < -0.4 is 9.30 Å². The number of aliphatic hydroxyl groups is 1. The van der Waals surface area contributed by atoms with Gasteiger partial charge in [-0.1, -0.05) is 49.4 Å². The average molecular weight is 375 g/mol. The number of aliphatic hydroxyl groups excluding tert-OH is 1. The van der Waals surface area contributed by atoms with Crippen molar-refractivity contribution in [1.29, 1.82) is 0 Å². The quantitative estimate of drug-likeness (QED) is 0.496. The highest BCUT2D eigenvalue weighted by molar-refractivity contribution is 5.83. The smallest absolute Gasteiger partial charge is 0.257 e. The Hall–Kier alpha value is -2.85. The Labute approximate surface area is 165 Å². The Bertz CT molecular complexity index is 1100. The number of fused-ring (bicyclic) bond motifs is 2. The fourth-order valence-electron chi connectivity index (χ4n) is 3.88. The van der Waals surface area contributed by atoms with Gasteiger partial charge in [0.2, 0.25) is 0 Å². The van der Waals surface area contributed by atoms with Gasteiger partial charge in [0, 0.05) is 6.42 Å². The standard InChI is InChI=1S/C24H27N2O2/c1-3-8-24-25(2)22-11-6-7-12-23(22)26(24)16-20(27)17-28-21-14-13-18-9-4-5-10-19(18)15-21/h4-7,9-15,20,27H,3,8,16-17H2,1-2H3/q+1/t20-/m1/s1. The van der Waals surface area contributed by atoms with Crippen molar-refractivity contribution in [3.8, 4) is 5.75 Å². The number of para-hydroxylation sites is 2. The molecule has 0 radical (unpaired) electrons. The molecule has 4 nitrogen and oxygen atoms in total. The molecule has 0 spiro atoms. The fraction of sp³-hybridized carbons (Fsp3) is 0.292. The number of rotatable bonds is 7. The van der Waals surface area contributed by atoms with Crippen molar-refractivity contribution < 1.29 is 14.4 Å². The third kappa shape index (κ3) is 3.60. The molecule has 3 aromatic carbocycles. The number of hydrogen-bond donors (Lipinski definition) is 1. The topological polar surface area (TPSA) is 38.3 Å². The van der Waals surface area contributed by atoms with Crippen molar-refractivity contribution in [1.82, 2.24) is 4.57 Å². The van der Waals surface area contributed by atoms with Gasteiger partial charge in [0.1, 0.15) is 25.0 Å². The van der Waals surface area contributed by atoms with Crippen molar-refractivity contribution in [3.63, 3.8) is 0 Å². The van der Waals surface area contributed by atoms with Gasteiger partial charge in [-0.05, 0) is 41.5 Å². The summed E-state index contributed by atoms with van der Waals surface area (Å²) < 4.78 is 10.4. The second kappa shape index (κ2) is 8.03. The number of benzene rings is 3. The lowest BCUT2D eigenvalue weighted by Crippen LogP contribution is -2.34. The summed E-state index contributed by atoms with van der Waals surface area (Å²) in [5.74, 6) is 2.02. The SMILES string of the molecule is CCCc1n(C[C@@H](O)COc2ccc3ccccc3c2)c2ccccc2[n+]1C. The molecule has 0 saturated carbocycles. The summed E-state index contributed by atoms with van der Waals surface area (Å²) in [5.41, 5.74) is 2.34. The van der Waals surface area contributed by atoms with Gasteiger partial charge in [-0.25, -0.2) is 9.13 Å². The zero-order chi connectivity index (χ0) is 19.5. The third-order valence-corrected chi connectivity index (χ3v) is 5.26. The number of ether oxygens (including phenoxy) is 1. The van der Waals surface area contributed by atoms with Crippen LogP contribution >= 0.6 is 0 Å². The van der Waals surface area contributed by atoms with E-state index in [9.17, 15) is 5.11 Å². The molecule has 28 heavy (non-hydrogen) atoms. The number of hydrogen-bond acceptors (Lipinski definition) is 2. The molecule has 0 aliphatic heterocycles. The van der Waals surface area contributed by atoms with Crippen molar-refractivity contribution in [3.05, 3.63) is 72.6 Å². The lowest BCUT2D eigenvalue weighted by atomic mass is 10.1. The van der Waals surface area contributed by atoms with E-state index in [0.717, 1.165) is 29.5 Å². The Morgan fingerprint density at radius 3 is 2.57 bits per heavy atom. The van der Waals surface area contributed by atoms with E-state index in [-0.39, 0.29) is 6.61 Å². The predicted octanol–water partition coefficient (Wildman–Crippen LogP) is 4.01. The largest absolute Gasteiger partial charge is 0.491 e. The van der Waals surface area contributed by atoms with E-state index in [0.29, 0.717) is 6.54 Å². The van der Waals surface area contributed by atoms with Crippen molar-refractivity contribution >= 4 is 21.8 Å². The van der Waals surface area contributed by atoms with Crippen molar-refractivity contribution in [2.75, 3.05) is 6.61 Å². The van der Waals surface area contributed by atoms with Gasteiger partial charge in [-0.2, -0.15) is 0 Å². The Balaban J connectivity index is 1.51. The van der Waals surface area contributed by atoms with Gasteiger partial charge in [0.15, 0.2) is 11.0 Å². The predicted molar refractivity (Wildman–Crippen MR) is 113 cm³/mol. The Morgan fingerprint density at radius 1 is 1.00 bits per heavy atom. The molecule has 0 aliphatic carbocycles. The normalized spacial score (nSPS) is 12.5. The van der Waals surface area contributed by atoms with E-state index in [1.54, 1.807) is 0 Å². The Kier molecular flexibility index (Phi) is 5.31. The molecule has 4 heteroatoms. The maximum atomic E-state index is 10.7. The van der Waals surface area contributed by atoms with Gasteiger partial charge >= 0.3 is 0 Å². The molecule has 1 aromatic heterocycles. The first-order valence-electron chi connectivity index (χ1n) is 9.93. The summed E-state index contributed by atoms with van der Waals surface area (Å²) in [6, 6.07) is 22.6. The van der Waals surface area contributed by atoms with Crippen LogP contribution in [-0.4, -0.2) is 22.4 Å². The summed E-state index contributed by atoms with van der Waals surface area (Å²) in [5, 5.41) is 13.0. The monoisotopic (exact) mass is 375 g/mol. The molecule has 4 aromatic rings. The van der Waals surface area contributed by atoms with E-state index in [2.05, 4.69) is 59.5 Å². The molecule has 0 unspecified atom stereocenters. The maximum absolute atomic E-state index is 10.7. The molecule has 144 valence electrons. The first kappa shape index (κ1) is 18.5. The van der Waals surface area contributed by atoms with Crippen LogP contribution in [0.1, 0.15) is 19.2 Å². The van der Waals surface area contributed by atoms with E-state index < -0.39 is 6.10 Å². The van der Waals surface area contributed by atoms with Crippen LogP contribution in [0, 0.1) is 0 Å². The van der Waals surface area contributed by atoms with Gasteiger partial charge in [0.25, 0.3) is 5.82 Å². The molecular formula is C24H27N2O2+. The molecule has 4 rings (SSSR count). The highest BCUT2D eigenvalue weighted by atomic mass is 16.5. The van der Waals surface area contributed by atoms with E-state index in [4.69, 9.17) is 4.74 Å². The second-order valence-electron chi connectivity index (χ2n) is 7.30. The zero-order valence-corrected chi connectivity index (χ0v) is 16.5. The summed E-state index contributed by atoms with van der Waals surface area (Å²) in [4.78, 5) is 0. The van der Waals surface area contributed by atoms with Crippen molar-refractivity contribution in [2.24, 2.45) is 7.05 Å². The zero-order valence-electron chi connectivity index (χ0n) is 16.5. The van der Waals surface area contributed by atoms with Crippen LogP contribution in [0.15, 0.2) is 66.7 Å². The molecule has 1 N–H and O–H groups in total. The lowest BCUT2D eigenvalue weighted by Gasteiger charge is -2.13. The summed E-state index contributed by atoms with van der Waals surface area (Å²) >= 11 is 0. The minimum absolute atomic E-state index is 0.264. The maximum Gasteiger partial charge on any atom is 0.257 e. The highest BCUT2D eigenvalue weighted by Gasteiger charge is 2.23. The average Bonchev–Trinajstić information content (AvgIpc) is 2.98. The molecule has 1 heterocycles. The molecule has 0 saturated heterocycles. The van der Waals surface area contributed by atoms with E-state index in [1.807, 2.05) is 30.3 Å². The second-order valence-corrected chi connectivity index (χ2v) is 7.30. The number of aromatic nitrogens is 2. The minimum Gasteiger partial charge on any atom is -0.491 e. The Morgan fingerprint density at radius 2 is 1.75 bits per heavy atom. The van der Waals surface area contributed by atoms with Crippen LogP contribution in [0.5, 0.6) is 5.75 Å². The summed E-state index contributed by atoms with van der Waals surface area (Å²) in [7, 11) is 2.10. The van der Waals surface area contributed by atoms with Gasteiger partial charge in [0.05, 0.1) is 7.05 Å². The van der Waals surface area contributed by atoms with Crippen LogP contribution in [0.2, 0.25) is 0 Å². The molecule has 1 atom stereocenters. The third-order valence-electron chi connectivity index (χ3n) is 5.26. The molecule has 0 amide bonds. The lowest BCUT2D eigenvalue weighted by molar-refractivity contribution is -0.654. The number of aryl methyl sites for hydroxylation is 1. The number of nitrogens with zero attached hydrogens (tertiary/aromatic N) is 2. The first-order valence-corrected chi connectivity index (χ1v) is 9.93. The summed E-state index contributed by atoms with van der Waals surface area (Å²) in [6.45, 7) is 2.96. The minimum atomic E-state index is -0.585. The molecule has 0 fully saturated rings. The van der Waals surface area contributed by atoms with Crippen LogP contribution in [0.3, 0.4) is 0 Å². The van der Waals surface area contributed by atoms with Crippen molar-refractivity contribution in [2.45, 2.75) is 32.4 Å². The molecule has 0 bridgehead atoms. The van der Waals surface area contributed by atoms with Gasteiger partial charge in [-0.15, -0.1) is 0 Å². The number of imidazole rings is 1.